The van der Waals surface area contributed by atoms with Crippen LogP contribution in [0.4, 0.5) is 13.2 Å². The van der Waals surface area contributed by atoms with Crippen LogP contribution in [0.25, 0.3) is 10.9 Å². The number of fused-ring (bicyclic) bond motifs is 1. The van der Waals surface area contributed by atoms with E-state index in [2.05, 4.69) is 4.98 Å². The Balaban J connectivity index is 2.71. The van der Waals surface area contributed by atoms with Crippen molar-refractivity contribution >= 4 is 16.9 Å². The topological polar surface area (TPSA) is 42.4 Å². The lowest BCUT2D eigenvalue weighted by atomic mass is 9.99. The Bertz CT molecular complexity index is 771. The lowest BCUT2D eigenvalue weighted by Gasteiger charge is -2.17. The van der Waals surface area contributed by atoms with Crippen LogP contribution in [0.15, 0.2) is 18.2 Å². The van der Waals surface area contributed by atoms with Gasteiger partial charge in [-0.1, -0.05) is 6.07 Å². The molecule has 4 nitrogen and oxygen atoms in total. The molecule has 0 fully saturated rings. The van der Waals surface area contributed by atoms with E-state index in [-0.39, 0.29) is 12.1 Å². The second kappa shape index (κ2) is 6.76. The van der Waals surface area contributed by atoms with Crippen LogP contribution in [-0.4, -0.2) is 36.6 Å². The van der Waals surface area contributed by atoms with Crippen LogP contribution < -0.4 is 0 Å². The van der Waals surface area contributed by atoms with Crippen molar-refractivity contribution < 1.29 is 22.7 Å². The van der Waals surface area contributed by atoms with Gasteiger partial charge in [-0.2, -0.15) is 13.2 Å². The molecular weight excluding hydrogens is 321 g/mol. The molecule has 1 heterocycles. The maximum absolute atomic E-state index is 12.9. The Labute approximate surface area is 138 Å². The van der Waals surface area contributed by atoms with Crippen LogP contribution in [-0.2, 0) is 17.5 Å². The van der Waals surface area contributed by atoms with Crippen molar-refractivity contribution in [3.05, 3.63) is 40.6 Å². The van der Waals surface area contributed by atoms with E-state index < -0.39 is 17.7 Å². The van der Waals surface area contributed by atoms with Crippen molar-refractivity contribution in [2.24, 2.45) is 0 Å². The van der Waals surface area contributed by atoms with E-state index in [1.807, 2.05) is 0 Å². The summed E-state index contributed by atoms with van der Waals surface area (Å²) in [4.78, 5) is 18.4. The Morgan fingerprint density at radius 3 is 2.50 bits per heavy atom. The fourth-order valence-electron chi connectivity index (χ4n) is 2.56. The van der Waals surface area contributed by atoms with E-state index in [9.17, 15) is 18.0 Å². The first kappa shape index (κ1) is 18.2. The van der Waals surface area contributed by atoms with Crippen molar-refractivity contribution in [2.45, 2.75) is 26.6 Å². The van der Waals surface area contributed by atoms with E-state index in [4.69, 9.17) is 4.74 Å². The number of alkyl halides is 3. The van der Waals surface area contributed by atoms with Crippen molar-refractivity contribution in [1.29, 1.82) is 0 Å². The van der Waals surface area contributed by atoms with Gasteiger partial charge in [0.2, 0.25) is 0 Å². The molecule has 0 aliphatic rings. The van der Waals surface area contributed by atoms with Crippen LogP contribution in [0.1, 0.15) is 34.1 Å². The van der Waals surface area contributed by atoms with E-state index in [1.54, 1.807) is 32.8 Å². The third kappa shape index (κ3) is 3.67. The molecule has 0 saturated heterocycles. The maximum Gasteiger partial charge on any atom is 0.416 e. The predicted octanol–water partition coefficient (Wildman–Crippen LogP) is 3.80. The van der Waals surface area contributed by atoms with Gasteiger partial charge in [0, 0.05) is 11.9 Å². The van der Waals surface area contributed by atoms with Crippen molar-refractivity contribution in [3.63, 3.8) is 0 Å². The molecule has 0 saturated carbocycles. The lowest BCUT2D eigenvalue weighted by Crippen LogP contribution is -2.19. The Morgan fingerprint density at radius 2 is 1.96 bits per heavy atom. The molecule has 0 aliphatic carbocycles. The fourth-order valence-corrected chi connectivity index (χ4v) is 2.56. The summed E-state index contributed by atoms with van der Waals surface area (Å²) in [6, 6.07) is 3.36. The highest BCUT2D eigenvalue weighted by molar-refractivity contribution is 5.98. The van der Waals surface area contributed by atoms with Gasteiger partial charge in [0.05, 0.1) is 28.9 Å². The second-order valence-corrected chi connectivity index (χ2v) is 5.75. The molecule has 0 aliphatic heterocycles. The molecule has 1 aromatic carbocycles. The maximum atomic E-state index is 12.9. The number of halogens is 3. The van der Waals surface area contributed by atoms with Gasteiger partial charge in [-0.25, -0.2) is 4.79 Å². The number of ether oxygens (including phenoxy) is 1. The third-order valence-electron chi connectivity index (χ3n) is 3.59. The second-order valence-electron chi connectivity index (χ2n) is 5.75. The number of benzene rings is 1. The monoisotopic (exact) mass is 340 g/mol. The van der Waals surface area contributed by atoms with Gasteiger partial charge in [-0.3, -0.25) is 4.98 Å². The number of nitrogens with zero attached hydrogens (tertiary/aromatic N) is 2. The summed E-state index contributed by atoms with van der Waals surface area (Å²) in [6.45, 7) is 3.93. The Hall–Kier alpha value is -2.15. The molecule has 0 radical (unpaired) electrons. The highest BCUT2D eigenvalue weighted by atomic mass is 19.4. The fraction of sp³-hybridized carbons (Fsp3) is 0.412. The number of hydrogen-bond donors (Lipinski definition) is 0. The van der Waals surface area contributed by atoms with E-state index in [0.29, 0.717) is 28.8 Å². The summed E-state index contributed by atoms with van der Waals surface area (Å²) in [6.07, 6.45) is -4.44. The summed E-state index contributed by atoms with van der Waals surface area (Å²) in [5, 5.41) is 0.508. The van der Waals surface area contributed by atoms with Gasteiger partial charge in [0.15, 0.2) is 0 Å². The molecule has 130 valence electrons. The van der Waals surface area contributed by atoms with Gasteiger partial charge >= 0.3 is 12.1 Å². The van der Waals surface area contributed by atoms with Crippen LogP contribution >= 0.6 is 0 Å². The smallest absolute Gasteiger partial charge is 0.416 e. The molecule has 0 amide bonds. The average Bonchev–Trinajstić information content (AvgIpc) is 2.45. The van der Waals surface area contributed by atoms with Gasteiger partial charge in [0.25, 0.3) is 0 Å². The highest BCUT2D eigenvalue weighted by Crippen LogP contribution is 2.33. The molecule has 2 rings (SSSR count). The average molecular weight is 340 g/mol. The molecule has 1 aromatic heterocycles. The summed E-state index contributed by atoms with van der Waals surface area (Å²) in [5.74, 6) is -0.513. The number of aromatic nitrogens is 1. The zero-order valence-corrected chi connectivity index (χ0v) is 14.0. The SMILES string of the molecule is CCOC(=O)c1c(CN(C)C)nc2cc(C(F)(F)F)ccc2c1C. The number of carbonyl (C=O) groups is 1. The predicted molar refractivity (Wildman–Crippen MR) is 84.8 cm³/mol. The zero-order valence-electron chi connectivity index (χ0n) is 14.0. The molecule has 0 unspecified atom stereocenters. The van der Waals surface area contributed by atoms with Gasteiger partial charge in [-0.15, -0.1) is 0 Å². The minimum atomic E-state index is -4.44. The number of rotatable bonds is 4. The quantitative estimate of drug-likeness (QED) is 0.794. The first-order valence-electron chi connectivity index (χ1n) is 7.47. The molecule has 7 heteroatoms. The summed E-state index contributed by atoms with van der Waals surface area (Å²) in [7, 11) is 3.59. The van der Waals surface area contributed by atoms with Crippen LogP contribution in [0.5, 0.6) is 0 Å². The van der Waals surface area contributed by atoms with Crippen molar-refractivity contribution in [2.75, 3.05) is 20.7 Å². The summed E-state index contributed by atoms with van der Waals surface area (Å²) >= 11 is 0. The summed E-state index contributed by atoms with van der Waals surface area (Å²) < 4.78 is 43.9. The summed E-state index contributed by atoms with van der Waals surface area (Å²) in [5.41, 5.74) is 0.749. The molecular formula is C17H19F3N2O2. The number of esters is 1. The van der Waals surface area contributed by atoms with Gasteiger partial charge in [-0.05, 0) is 45.6 Å². The van der Waals surface area contributed by atoms with E-state index >= 15 is 0 Å². The number of aryl methyl sites for hydroxylation is 1. The number of pyridine rings is 1. The first-order valence-corrected chi connectivity index (χ1v) is 7.47. The Kier molecular flexibility index (Phi) is 5.13. The van der Waals surface area contributed by atoms with Crippen LogP contribution in [0.3, 0.4) is 0 Å². The molecule has 2 aromatic rings. The lowest BCUT2D eigenvalue weighted by molar-refractivity contribution is -0.137. The van der Waals surface area contributed by atoms with E-state index in [0.717, 1.165) is 12.1 Å². The minimum absolute atomic E-state index is 0.213. The van der Waals surface area contributed by atoms with Gasteiger partial charge in [0.1, 0.15) is 0 Å². The third-order valence-corrected chi connectivity index (χ3v) is 3.59. The number of carbonyl (C=O) groups excluding carboxylic acids is 1. The number of hydrogen-bond acceptors (Lipinski definition) is 4. The van der Waals surface area contributed by atoms with Crippen molar-refractivity contribution in [3.8, 4) is 0 Å². The molecule has 0 spiro atoms. The van der Waals surface area contributed by atoms with Crippen LogP contribution in [0, 0.1) is 6.92 Å². The zero-order chi connectivity index (χ0) is 18.1. The molecule has 0 atom stereocenters. The highest BCUT2D eigenvalue weighted by Gasteiger charge is 2.31. The molecule has 0 N–H and O–H groups in total. The minimum Gasteiger partial charge on any atom is -0.462 e. The molecule has 24 heavy (non-hydrogen) atoms. The first-order chi connectivity index (χ1) is 11.1. The Morgan fingerprint density at radius 1 is 1.29 bits per heavy atom. The normalized spacial score (nSPS) is 12.0. The van der Waals surface area contributed by atoms with Crippen LogP contribution in [0.2, 0.25) is 0 Å². The standard InChI is InChI=1S/C17H19F3N2O2/c1-5-24-16(23)15-10(2)12-7-6-11(17(18,19)20)8-13(12)21-14(15)9-22(3)4/h6-8H,5,9H2,1-4H3. The largest absolute Gasteiger partial charge is 0.462 e. The van der Waals surface area contributed by atoms with Gasteiger partial charge < -0.3 is 9.64 Å². The van der Waals surface area contributed by atoms with Crippen molar-refractivity contribution in [1.82, 2.24) is 9.88 Å². The molecule has 0 bridgehead atoms. The van der Waals surface area contributed by atoms with E-state index in [1.165, 1.54) is 6.07 Å².